The minimum atomic E-state index is -0.111. The van der Waals surface area contributed by atoms with E-state index in [0.29, 0.717) is 21.4 Å². The second-order valence-corrected chi connectivity index (χ2v) is 8.09. The standard InChI is InChI=1S/C12H6Br2Cl2O2S/c13-11-4-7(12(14)19-11)10(17)5-18-6-1-2-8(15)9(16)3-6/h1-4H,5H2. The molecule has 0 aliphatic carbocycles. The topological polar surface area (TPSA) is 26.3 Å². The molecule has 0 atom stereocenters. The number of ether oxygens (including phenoxy) is 1. The fraction of sp³-hybridized carbons (Fsp3) is 0.0833. The molecule has 1 aromatic heterocycles. The Morgan fingerprint density at radius 3 is 2.53 bits per heavy atom. The average Bonchev–Trinajstić information content (AvgIpc) is 2.70. The summed E-state index contributed by atoms with van der Waals surface area (Å²) in [5.41, 5.74) is 0.594. The lowest BCUT2D eigenvalue weighted by atomic mass is 10.2. The molecular formula is C12H6Br2Cl2O2S. The van der Waals surface area contributed by atoms with Crippen LogP contribution in [0.25, 0.3) is 0 Å². The summed E-state index contributed by atoms with van der Waals surface area (Å²) in [5, 5.41) is 0.843. The Hall–Kier alpha value is -0.0700. The highest BCUT2D eigenvalue weighted by Gasteiger charge is 2.14. The first-order valence-electron chi connectivity index (χ1n) is 5.03. The summed E-state index contributed by atoms with van der Waals surface area (Å²) in [7, 11) is 0. The number of thiophene rings is 1. The third-order valence-electron chi connectivity index (χ3n) is 2.22. The average molecular weight is 445 g/mol. The number of hydrogen-bond donors (Lipinski definition) is 0. The first-order chi connectivity index (χ1) is 8.97. The van der Waals surface area contributed by atoms with Crippen LogP contribution in [-0.4, -0.2) is 12.4 Å². The third kappa shape index (κ3) is 3.95. The van der Waals surface area contributed by atoms with Crippen molar-refractivity contribution in [1.82, 2.24) is 0 Å². The van der Waals surface area contributed by atoms with Gasteiger partial charge in [0.1, 0.15) is 5.75 Å². The van der Waals surface area contributed by atoms with Gasteiger partial charge in [-0.2, -0.15) is 0 Å². The van der Waals surface area contributed by atoms with E-state index in [1.54, 1.807) is 24.3 Å². The van der Waals surface area contributed by atoms with Gasteiger partial charge < -0.3 is 4.74 Å². The Morgan fingerprint density at radius 1 is 1.21 bits per heavy atom. The number of carbonyl (C=O) groups is 1. The van der Waals surface area contributed by atoms with Crippen molar-refractivity contribution in [1.29, 1.82) is 0 Å². The second-order valence-electron chi connectivity index (χ2n) is 3.53. The van der Waals surface area contributed by atoms with Gasteiger partial charge in [-0.3, -0.25) is 4.79 Å². The molecule has 1 heterocycles. The zero-order valence-corrected chi connectivity index (χ0v) is 14.8. The third-order valence-corrected chi connectivity index (χ3v) is 5.30. The molecule has 2 rings (SSSR count). The van der Waals surface area contributed by atoms with Gasteiger partial charge in [-0.15, -0.1) is 11.3 Å². The van der Waals surface area contributed by atoms with Crippen molar-refractivity contribution in [2.45, 2.75) is 0 Å². The van der Waals surface area contributed by atoms with Crippen molar-refractivity contribution < 1.29 is 9.53 Å². The van der Waals surface area contributed by atoms with Crippen molar-refractivity contribution in [3.63, 3.8) is 0 Å². The zero-order valence-electron chi connectivity index (χ0n) is 9.25. The lowest BCUT2D eigenvalue weighted by Crippen LogP contribution is -2.11. The van der Waals surface area contributed by atoms with Gasteiger partial charge in [0.15, 0.2) is 6.61 Å². The van der Waals surface area contributed by atoms with Crippen LogP contribution >= 0.6 is 66.4 Å². The summed E-state index contributed by atoms with van der Waals surface area (Å²) in [4.78, 5) is 12.0. The Bertz CT molecular complexity index is 628. The zero-order chi connectivity index (χ0) is 14.0. The molecule has 19 heavy (non-hydrogen) atoms. The van der Waals surface area contributed by atoms with Gasteiger partial charge in [0.25, 0.3) is 0 Å². The van der Waals surface area contributed by atoms with E-state index in [1.165, 1.54) is 11.3 Å². The van der Waals surface area contributed by atoms with Gasteiger partial charge in [0.05, 0.1) is 17.6 Å². The molecule has 0 amide bonds. The maximum absolute atomic E-state index is 12.0. The molecule has 0 bridgehead atoms. The smallest absolute Gasteiger partial charge is 0.202 e. The van der Waals surface area contributed by atoms with Crippen LogP contribution in [0.5, 0.6) is 5.75 Å². The van der Waals surface area contributed by atoms with Crippen LogP contribution in [0.2, 0.25) is 10.0 Å². The molecule has 0 spiro atoms. The summed E-state index contributed by atoms with van der Waals surface area (Å²) in [6.45, 7) is -0.0558. The van der Waals surface area contributed by atoms with E-state index < -0.39 is 0 Å². The summed E-state index contributed by atoms with van der Waals surface area (Å²) in [5.74, 6) is 0.396. The van der Waals surface area contributed by atoms with Crippen molar-refractivity contribution in [2.24, 2.45) is 0 Å². The first-order valence-corrected chi connectivity index (χ1v) is 8.19. The minimum Gasteiger partial charge on any atom is -0.485 e. The molecule has 2 nitrogen and oxygen atoms in total. The predicted octanol–water partition coefficient (Wildman–Crippen LogP) is 5.84. The van der Waals surface area contributed by atoms with Gasteiger partial charge in [0, 0.05) is 11.6 Å². The first kappa shape index (κ1) is 15.3. The lowest BCUT2D eigenvalue weighted by Gasteiger charge is -2.06. The number of carbonyl (C=O) groups excluding carboxylic acids is 1. The molecule has 1 aromatic carbocycles. The van der Waals surface area contributed by atoms with E-state index in [1.807, 2.05) is 0 Å². The van der Waals surface area contributed by atoms with Crippen molar-refractivity contribution in [3.05, 3.63) is 47.4 Å². The summed E-state index contributed by atoms with van der Waals surface area (Å²) < 4.78 is 7.06. The van der Waals surface area contributed by atoms with Crippen LogP contribution in [0.15, 0.2) is 31.8 Å². The van der Waals surface area contributed by atoms with E-state index in [2.05, 4.69) is 31.9 Å². The van der Waals surface area contributed by atoms with Gasteiger partial charge in [-0.1, -0.05) is 23.2 Å². The van der Waals surface area contributed by atoms with Gasteiger partial charge in [0.2, 0.25) is 5.78 Å². The van der Waals surface area contributed by atoms with E-state index in [0.717, 1.165) is 7.57 Å². The lowest BCUT2D eigenvalue weighted by molar-refractivity contribution is 0.0921. The molecule has 7 heteroatoms. The predicted molar refractivity (Wildman–Crippen MR) is 86.0 cm³/mol. The van der Waals surface area contributed by atoms with E-state index in [4.69, 9.17) is 27.9 Å². The van der Waals surface area contributed by atoms with Crippen LogP contribution in [0.3, 0.4) is 0 Å². The van der Waals surface area contributed by atoms with Crippen LogP contribution in [0.1, 0.15) is 10.4 Å². The molecule has 0 aliphatic rings. The van der Waals surface area contributed by atoms with Crippen molar-refractivity contribution in [2.75, 3.05) is 6.61 Å². The summed E-state index contributed by atoms with van der Waals surface area (Å²) >= 11 is 19.8. The van der Waals surface area contributed by atoms with E-state index >= 15 is 0 Å². The minimum absolute atomic E-state index is 0.0558. The number of Topliss-reactive ketones (excluding diaryl/α,β-unsaturated/α-hetero) is 1. The molecule has 0 saturated carbocycles. The monoisotopic (exact) mass is 442 g/mol. The number of benzene rings is 1. The molecule has 0 radical (unpaired) electrons. The summed E-state index contributed by atoms with van der Waals surface area (Å²) in [6, 6.07) is 6.63. The van der Waals surface area contributed by atoms with Gasteiger partial charge in [-0.25, -0.2) is 0 Å². The number of hydrogen-bond acceptors (Lipinski definition) is 3. The van der Waals surface area contributed by atoms with Crippen molar-refractivity contribution >= 4 is 72.2 Å². The molecule has 0 unspecified atom stereocenters. The Labute approximate surface area is 140 Å². The number of ketones is 1. The Kier molecular flexibility index (Phi) is 5.31. The Morgan fingerprint density at radius 2 is 1.95 bits per heavy atom. The molecular weight excluding hydrogens is 439 g/mol. The van der Waals surface area contributed by atoms with Crippen LogP contribution < -0.4 is 4.74 Å². The maximum atomic E-state index is 12.0. The molecule has 0 aliphatic heterocycles. The molecule has 0 N–H and O–H groups in total. The normalized spacial score (nSPS) is 10.5. The largest absolute Gasteiger partial charge is 0.485 e. The fourth-order valence-corrected chi connectivity index (χ4v) is 4.47. The SMILES string of the molecule is O=C(COc1ccc(Cl)c(Cl)c1)c1cc(Br)sc1Br. The van der Waals surface area contributed by atoms with Crippen LogP contribution in [0.4, 0.5) is 0 Å². The molecule has 0 saturated heterocycles. The highest BCUT2D eigenvalue weighted by Crippen LogP contribution is 2.32. The van der Waals surface area contributed by atoms with Crippen LogP contribution in [-0.2, 0) is 0 Å². The number of rotatable bonds is 4. The van der Waals surface area contributed by atoms with E-state index in [-0.39, 0.29) is 12.4 Å². The summed E-state index contributed by atoms with van der Waals surface area (Å²) in [6.07, 6.45) is 0. The fourth-order valence-electron chi connectivity index (χ4n) is 1.32. The van der Waals surface area contributed by atoms with Crippen molar-refractivity contribution in [3.8, 4) is 5.75 Å². The van der Waals surface area contributed by atoms with E-state index in [9.17, 15) is 4.79 Å². The highest BCUT2D eigenvalue weighted by atomic mass is 79.9. The Balaban J connectivity index is 2.04. The second kappa shape index (κ2) is 6.59. The number of halogens is 4. The highest BCUT2D eigenvalue weighted by molar-refractivity contribution is 9.12. The molecule has 100 valence electrons. The van der Waals surface area contributed by atoms with Crippen LogP contribution in [0, 0.1) is 0 Å². The van der Waals surface area contributed by atoms with Gasteiger partial charge >= 0.3 is 0 Å². The van der Waals surface area contributed by atoms with Gasteiger partial charge in [-0.05, 0) is 50.1 Å². The quantitative estimate of drug-likeness (QED) is 0.553. The maximum Gasteiger partial charge on any atom is 0.202 e. The molecule has 2 aromatic rings. The molecule has 0 fully saturated rings.